The van der Waals surface area contributed by atoms with Gasteiger partial charge in [-0.2, -0.15) is 13.2 Å². The molecule has 0 spiro atoms. The fraction of sp³-hybridized carbons (Fsp3) is 0.333. The average molecular weight is 390 g/mol. The highest BCUT2D eigenvalue weighted by Gasteiger charge is 2.38. The van der Waals surface area contributed by atoms with Crippen LogP contribution in [0, 0.1) is 16.0 Å². The van der Waals surface area contributed by atoms with E-state index in [0.717, 1.165) is 29.7 Å². The number of nitro groups is 1. The van der Waals surface area contributed by atoms with Crippen molar-refractivity contribution in [2.75, 3.05) is 0 Å². The molecule has 3 rings (SSSR count). The van der Waals surface area contributed by atoms with E-state index in [4.69, 9.17) is 0 Å². The summed E-state index contributed by atoms with van der Waals surface area (Å²) in [6.07, 6.45) is -1.20. The van der Waals surface area contributed by atoms with Gasteiger partial charge in [-0.05, 0) is 41.5 Å². The number of halogens is 3. The summed E-state index contributed by atoms with van der Waals surface area (Å²) in [4.78, 5) is 10.2. The lowest BCUT2D eigenvalue weighted by molar-refractivity contribution is -0.388. The highest BCUT2D eigenvalue weighted by molar-refractivity contribution is 5.70. The smallest absolute Gasteiger partial charge is 0.306 e. The fourth-order valence-corrected chi connectivity index (χ4v) is 3.59. The van der Waals surface area contributed by atoms with Gasteiger partial charge in [0.05, 0.1) is 4.92 Å². The minimum Gasteiger partial charge on any atom is -0.306 e. The maximum Gasteiger partial charge on any atom is 0.422 e. The van der Waals surface area contributed by atoms with Crippen LogP contribution >= 0.6 is 0 Å². The largest absolute Gasteiger partial charge is 0.422 e. The lowest BCUT2D eigenvalue weighted by atomic mass is 9.84. The summed E-state index contributed by atoms with van der Waals surface area (Å²) in [6, 6.07) is 13.1. The van der Waals surface area contributed by atoms with Crippen molar-refractivity contribution in [3.8, 4) is 0 Å². The van der Waals surface area contributed by atoms with Crippen LogP contribution in [-0.2, 0) is 12.7 Å². The van der Waals surface area contributed by atoms with E-state index in [9.17, 15) is 23.3 Å². The molecule has 1 aliphatic carbocycles. The number of nitro benzene ring substituents is 1. The molecule has 2 atom stereocenters. The Morgan fingerprint density at radius 1 is 1.18 bits per heavy atom. The first-order valence-corrected chi connectivity index (χ1v) is 9.08. The molecule has 148 valence electrons. The van der Waals surface area contributed by atoms with Crippen molar-refractivity contribution in [1.29, 1.82) is 0 Å². The number of nitrogens with zero attached hydrogens (tertiary/aromatic N) is 1. The second kappa shape index (κ2) is 8.14. The lowest BCUT2D eigenvalue weighted by Crippen LogP contribution is -2.31. The van der Waals surface area contributed by atoms with Gasteiger partial charge in [-0.3, -0.25) is 10.1 Å². The van der Waals surface area contributed by atoms with Gasteiger partial charge in [0.15, 0.2) is 0 Å². The monoisotopic (exact) mass is 390 g/mol. The molecule has 2 aromatic carbocycles. The van der Waals surface area contributed by atoms with E-state index >= 15 is 0 Å². The molecule has 0 saturated carbocycles. The second-order valence-corrected chi connectivity index (χ2v) is 7.20. The summed E-state index contributed by atoms with van der Waals surface area (Å²) in [5.74, 6) is 0.314. The van der Waals surface area contributed by atoms with Gasteiger partial charge in [-0.1, -0.05) is 49.4 Å². The first-order chi connectivity index (χ1) is 13.2. The molecule has 0 amide bonds. The number of benzene rings is 2. The van der Waals surface area contributed by atoms with Crippen molar-refractivity contribution in [2.45, 2.75) is 38.5 Å². The summed E-state index contributed by atoms with van der Waals surface area (Å²) < 4.78 is 39.1. The summed E-state index contributed by atoms with van der Waals surface area (Å²) >= 11 is 0. The van der Waals surface area contributed by atoms with Gasteiger partial charge in [-0.25, -0.2) is 0 Å². The Bertz CT molecular complexity index is 879. The van der Waals surface area contributed by atoms with E-state index in [-0.39, 0.29) is 6.04 Å². The summed E-state index contributed by atoms with van der Waals surface area (Å²) in [5.41, 5.74) is 0.321. The van der Waals surface area contributed by atoms with E-state index in [0.29, 0.717) is 24.4 Å². The van der Waals surface area contributed by atoms with E-state index in [1.54, 1.807) is 0 Å². The predicted octanol–water partition coefficient (Wildman–Crippen LogP) is 5.59. The van der Waals surface area contributed by atoms with Gasteiger partial charge < -0.3 is 5.32 Å². The van der Waals surface area contributed by atoms with E-state index < -0.39 is 22.4 Å². The number of allylic oxidation sites excluding steroid dienone is 1. The van der Waals surface area contributed by atoms with Crippen LogP contribution in [-0.4, -0.2) is 11.0 Å². The standard InChI is InChI=1S/C21H21F3N2O2/c1-14-9-17(11-18(10-14)25-13-15-5-3-2-4-6-15)16-7-8-19(21(22,23)24)20(12-16)26(27)28/h2-8,11-12,14,18,25H,9-10,13H2,1H3. The van der Waals surface area contributed by atoms with Gasteiger partial charge in [0, 0.05) is 18.7 Å². The maximum absolute atomic E-state index is 13.0. The molecule has 28 heavy (non-hydrogen) atoms. The first-order valence-electron chi connectivity index (χ1n) is 9.08. The zero-order chi connectivity index (χ0) is 20.3. The molecule has 7 heteroatoms. The minimum absolute atomic E-state index is 0.0558. The Balaban J connectivity index is 1.85. The van der Waals surface area contributed by atoms with Crippen molar-refractivity contribution in [3.05, 3.63) is 81.4 Å². The maximum atomic E-state index is 13.0. The Morgan fingerprint density at radius 2 is 1.89 bits per heavy atom. The fourth-order valence-electron chi connectivity index (χ4n) is 3.59. The Morgan fingerprint density at radius 3 is 2.54 bits per heavy atom. The molecule has 1 aliphatic rings. The van der Waals surface area contributed by atoms with Crippen molar-refractivity contribution in [1.82, 2.24) is 5.32 Å². The molecule has 4 nitrogen and oxygen atoms in total. The van der Waals surface area contributed by atoms with Crippen LogP contribution in [0.5, 0.6) is 0 Å². The molecule has 0 heterocycles. The van der Waals surface area contributed by atoms with Crippen molar-refractivity contribution >= 4 is 11.3 Å². The number of hydrogen-bond acceptors (Lipinski definition) is 3. The number of nitrogens with one attached hydrogen (secondary N) is 1. The van der Waals surface area contributed by atoms with E-state index in [2.05, 4.69) is 12.2 Å². The Hall–Kier alpha value is -2.67. The average Bonchev–Trinajstić information content (AvgIpc) is 2.65. The van der Waals surface area contributed by atoms with Crippen molar-refractivity contribution < 1.29 is 18.1 Å². The number of hydrogen-bond donors (Lipinski definition) is 1. The summed E-state index contributed by atoms with van der Waals surface area (Å²) in [5, 5.41) is 14.6. The van der Waals surface area contributed by atoms with Crippen LogP contribution in [0.4, 0.5) is 18.9 Å². The van der Waals surface area contributed by atoms with Crippen LogP contribution in [0.1, 0.15) is 36.5 Å². The third-order valence-corrected chi connectivity index (χ3v) is 4.91. The van der Waals surface area contributed by atoms with Crippen LogP contribution in [0.3, 0.4) is 0 Å². The molecule has 0 bridgehead atoms. The second-order valence-electron chi connectivity index (χ2n) is 7.20. The topological polar surface area (TPSA) is 55.2 Å². The van der Waals surface area contributed by atoms with Gasteiger partial charge in [0.2, 0.25) is 0 Å². The van der Waals surface area contributed by atoms with Crippen molar-refractivity contribution in [3.63, 3.8) is 0 Å². The molecule has 0 aromatic heterocycles. The van der Waals surface area contributed by atoms with Gasteiger partial charge in [0.25, 0.3) is 5.69 Å². The summed E-state index contributed by atoms with van der Waals surface area (Å²) in [6.45, 7) is 2.75. The molecule has 0 aliphatic heterocycles. The lowest BCUT2D eigenvalue weighted by Gasteiger charge is -2.27. The molecule has 0 radical (unpaired) electrons. The van der Waals surface area contributed by atoms with Gasteiger partial charge in [0.1, 0.15) is 5.56 Å². The molecule has 2 aromatic rings. The van der Waals surface area contributed by atoms with Crippen LogP contribution in [0.15, 0.2) is 54.6 Å². The minimum atomic E-state index is -4.76. The van der Waals surface area contributed by atoms with Crippen molar-refractivity contribution in [2.24, 2.45) is 5.92 Å². The van der Waals surface area contributed by atoms with Gasteiger partial charge >= 0.3 is 6.18 Å². The summed E-state index contributed by atoms with van der Waals surface area (Å²) in [7, 11) is 0. The number of alkyl halides is 3. The Labute approximate surface area is 161 Å². The normalized spacial score (nSPS) is 19.9. The highest BCUT2D eigenvalue weighted by Crippen LogP contribution is 2.39. The number of rotatable bonds is 5. The van der Waals surface area contributed by atoms with Crippen LogP contribution in [0.2, 0.25) is 0 Å². The van der Waals surface area contributed by atoms with Crippen LogP contribution < -0.4 is 5.32 Å². The van der Waals surface area contributed by atoms with E-state index in [1.165, 1.54) is 6.07 Å². The van der Waals surface area contributed by atoms with Crippen LogP contribution in [0.25, 0.3) is 5.57 Å². The highest BCUT2D eigenvalue weighted by atomic mass is 19.4. The van der Waals surface area contributed by atoms with E-state index in [1.807, 2.05) is 36.4 Å². The molecular weight excluding hydrogens is 369 g/mol. The first kappa shape index (κ1) is 20.1. The molecule has 2 unspecified atom stereocenters. The Kier molecular flexibility index (Phi) is 5.84. The molecule has 1 N–H and O–H groups in total. The molecule has 0 saturated heterocycles. The van der Waals surface area contributed by atoms with Gasteiger partial charge in [-0.15, -0.1) is 0 Å². The molecule has 0 fully saturated rings. The zero-order valence-corrected chi connectivity index (χ0v) is 15.4. The third kappa shape index (κ3) is 4.78. The predicted molar refractivity (Wildman–Crippen MR) is 102 cm³/mol. The zero-order valence-electron chi connectivity index (χ0n) is 15.4. The third-order valence-electron chi connectivity index (χ3n) is 4.91. The SMILES string of the molecule is CC1CC(c2ccc(C(F)(F)F)c([N+](=O)[O-])c2)=CC(NCc2ccccc2)C1. The molecular formula is C21H21F3N2O2. The quantitative estimate of drug-likeness (QED) is 0.535.